The number of aromatic nitrogens is 3. The quantitative estimate of drug-likeness (QED) is 0.769. The molecule has 14 heavy (non-hydrogen) atoms. The van der Waals surface area contributed by atoms with E-state index in [0.29, 0.717) is 5.82 Å². The van der Waals surface area contributed by atoms with E-state index in [4.69, 9.17) is 5.11 Å². The lowest BCUT2D eigenvalue weighted by Crippen LogP contribution is -1.89. The van der Waals surface area contributed by atoms with Gasteiger partial charge in [0.15, 0.2) is 11.5 Å². The van der Waals surface area contributed by atoms with Crippen LogP contribution in [0.15, 0.2) is 18.3 Å². The highest BCUT2D eigenvalue weighted by Gasteiger charge is 2.23. The molecule has 2 aromatic heterocycles. The molecule has 0 saturated heterocycles. The van der Waals surface area contributed by atoms with Crippen LogP contribution in [0, 0.1) is 0 Å². The highest BCUT2D eigenvalue weighted by molar-refractivity contribution is 5.42. The van der Waals surface area contributed by atoms with Gasteiger partial charge in [-0.1, -0.05) is 0 Å². The van der Waals surface area contributed by atoms with Gasteiger partial charge >= 0.3 is 0 Å². The topological polar surface area (TPSA) is 50.4 Å². The second kappa shape index (κ2) is 2.78. The summed E-state index contributed by atoms with van der Waals surface area (Å²) in [7, 11) is 0. The van der Waals surface area contributed by atoms with Crippen molar-refractivity contribution in [2.75, 3.05) is 0 Å². The Balaban J connectivity index is 2.12. The molecule has 1 aliphatic carbocycles. The van der Waals surface area contributed by atoms with Gasteiger partial charge in [0.05, 0.1) is 0 Å². The minimum Gasteiger partial charge on any atom is -0.388 e. The zero-order valence-corrected chi connectivity index (χ0v) is 7.72. The van der Waals surface area contributed by atoms with Crippen molar-refractivity contribution < 1.29 is 5.11 Å². The van der Waals surface area contributed by atoms with E-state index in [1.54, 1.807) is 4.52 Å². The van der Waals surface area contributed by atoms with Crippen LogP contribution >= 0.6 is 0 Å². The molecule has 0 bridgehead atoms. The van der Waals surface area contributed by atoms with Gasteiger partial charge in [0.2, 0.25) is 0 Å². The Labute approximate surface area is 81.2 Å². The van der Waals surface area contributed by atoms with Gasteiger partial charge in [0, 0.05) is 6.20 Å². The molecule has 0 spiro atoms. The third kappa shape index (κ3) is 1.19. The summed E-state index contributed by atoms with van der Waals surface area (Å²) in [6, 6.07) is 4.14. The van der Waals surface area contributed by atoms with E-state index in [0.717, 1.165) is 11.6 Å². The SMILES string of the molecule is OCc1nc2cc(C3CC3)ccn2n1. The van der Waals surface area contributed by atoms with Crippen LogP contribution in [0.2, 0.25) is 0 Å². The van der Waals surface area contributed by atoms with Gasteiger partial charge < -0.3 is 5.11 Å². The van der Waals surface area contributed by atoms with E-state index in [1.807, 2.05) is 6.20 Å². The van der Waals surface area contributed by atoms with Gasteiger partial charge in [-0.3, -0.25) is 0 Å². The Morgan fingerprint density at radius 3 is 3.07 bits per heavy atom. The van der Waals surface area contributed by atoms with Crippen molar-refractivity contribution in [2.45, 2.75) is 25.4 Å². The fourth-order valence-electron chi connectivity index (χ4n) is 1.68. The zero-order valence-electron chi connectivity index (χ0n) is 7.72. The van der Waals surface area contributed by atoms with E-state index >= 15 is 0 Å². The van der Waals surface area contributed by atoms with Crippen LogP contribution in [0.5, 0.6) is 0 Å². The van der Waals surface area contributed by atoms with Gasteiger partial charge in [-0.05, 0) is 36.5 Å². The standard InChI is InChI=1S/C10H11N3O/c14-6-9-11-10-5-8(7-1-2-7)3-4-13(10)12-9/h3-5,7,14H,1-2,6H2. The summed E-state index contributed by atoms with van der Waals surface area (Å²) in [5.74, 6) is 1.22. The summed E-state index contributed by atoms with van der Waals surface area (Å²) < 4.78 is 1.71. The van der Waals surface area contributed by atoms with Crippen LogP contribution in [-0.2, 0) is 6.61 Å². The molecule has 1 saturated carbocycles. The normalized spacial score (nSPS) is 16.4. The number of fused-ring (bicyclic) bond motifs is 1. The molecule has 1 fully saturated rings. The monoisotopic (exact) mass is 189 g/mol. The van der Waals surface area contributed by atoms with Crippen LogP contribution in [0.1, 0.15) is 30.1 Å². The van der Waals surface area contributed by atoms with E-state index in [-0.39, 0.29) is 6.61 Å². The largest absolute Gasteiger partial charge is 0.388 e. The van der Waals surface area contributed by atoms with Crippen LogP contribution in [0.3, 0.4) is 0 Å². The van der Waals surface area contributed by atoms with Crippen LogP contribution in [0.25, 0.3) is 5.65 Å². The summed E-state index contributed by atoms with van der Waals surface area (Å²) in [6.45, 7) is -0.0968. The third-order valence-corrected chi connectivity index (χ3v) is 2.60. The van der Waals surface area contributed by atoms with Crippen molar-refractivity contribution in [3.8, 4) is 0 Å². The first-order valence-corrected chi connectivity index (χ1v) is 4.83. The molecule has 0 unspecified atom stereocenters. The second-order valence-electron chi connectivity index (χ2n) is 3.72. The highest BCUT2D eigenvalue weighted by Crippen LogP contribution is 2.39. The summed E-state index contributed by atoms with van der Waals surface area (Å²) >= 11 is 0. The summed E-state index contributed by atoms with van der Waals surface area (Å²) in [5, 5.41) is 13.0. The van der Waals surface area contributed by atoms with Gasteiger partial charge in [-0.2, -0.15) is 0 Å². The number of nitrogens with zero attached hydrogens (tertiary/aromatic N) is 3. The molecule has 1 N–H and O–H groups in total. The van der Waals surface area contributed by atoms with Gasteiger partial charge in [0.1, 0.15) is 6.61 Å². The predicted octanol–water partition coefficient (Wildman–Crippen LogP) is 1.10. The molecule has 4 nitrogen and oxygen atoms in total. The summed E-state index contributed by atoms with van der Waals surface area (Å²) in [6.07, 6.45) is 4.49. The summed E-state index contributed by atoms with van der Waals surface area (Å²) in [5.41, 5.74) is 2.17. The van der Waals surface area contributed by atoms with E-state index < -0.39 is 0 Å². The minimum atomic E-state index is -0.0968. The Bertz CT molecular complexity index is 473. The fraction of sp³-hybridized carbons (Fsp3) is 0.400. The van der Waals surface area contributed by atoms with E-state index in [9.17, 15) is 0 Å². The molecule has 2 aromatic rings. The van der Waals surface area contributed by atoms with Gasteiger partial charge in [0.25, 0.3) is 0 Å². The average Bonchev–Trinajstić information content (AvgIpc) is 2.97. The molecule has 3 rings (SSSR count). The number of aliphatic hydroxyl groups excluding tert-OH is 1. The molecule has 0 radical (unpaired) electrons. The second-order valence-corrected chi connectivity index (χ2v) is 3.72. The Morgan fingerprint density at radius 1 is 1.50 bits per heavy atom. The first kappa shape index (κ1) is 7.94. The lowest BCUT2D eigenvalue weighted by atomic mass is 10.2. The van der Waals surface area contributed by atoms with Crippen molar-refractivity contribution in [1.29, 1.82) is 0 Å². The lowest BCUT2D eigenvalue weighted by molar-refractivity contribution is 0.271. The Morgan fingerprint density at radius 2 is 2.36 bits per heavy atom. The van der Waals surface area contributed by atoms with Gasteiger partial charge in [-0.15, -0.1) is 5.10 Å². The molecule has 72 valence electrons. The molecular formula is C10H11N3O. The van der Waals surface area contributed by atoms with Crippen LogP contribution in [0.4, 0.5) is 0 Å². The molecule has 0 atom stereocenters. The van der Waals surface area contributed by atoms with Crippen LogP contribution in [-0.4, -0.2) is 19.7 Å². The highest BCUT2D eigenvalue weighted by atomic mass is 16.3. The van der Waals surface area contributed by atoms with E-state index in [1.165, 1.54) is 18.4 Å². The number of hydrogen-bond acceptors (Lipinski definition) is 3. The zero-order chi connectivity index (χ0) is 9.54. The fourth-order valence-corrected chi connectivity index (χ4v) is 1.68. The van der Waals surface area contributed by atoms with Crippen molar-refractivity contribution in [3.63, 3.8) is 0 Å². The smallest absolute Gasteiger partial charge is 0.177 e. The molecule has 1 aliphatic rings. The van der Waals surface area contributed by atoms with E-state index in [2.05, 4.69) is 22.2 Å². The average molecular weight is 189 g/mol. The van der Waals surface area contributed by atoms with Crippen molar-refractivity contribution >= 4 is 5.65 Å². The number of aliphatic hydroxyl groups is 1. The predicted molar refractivity (Wildman–Crippen MR) is 50.9 cm³/mol. The maximum atomic E-state index is 8.89. The Kier molecular flexibility index (Phi) is 1.58. The Hall–Kier alpha value is -1.42. The maximum absolute atomic E-state index is 8.89. The van der Waals surface area contributed by atoms with Crippen molar-refractivity contribution in [1.82, 2.24) is 14.6 Å². The molecule has 0 aliphatic heterocycles. The molecule has 0 amide bonds. The third-order valence-electron chi connectivity index (χ3n) is 2.60. The number of rotatable bonds is 2. The molecular weight excluding hydrogens is 178 g/mol. The van der Waals surface area contributed by atoms with Crippen molar-refractivity contribution in [2.24, 2.45) is 0 Å². The van der Waals surface area contributed by atoms with Crippen molar-refractivity contribution in [3.05, 3.63) is 29.7 Å². The minimum absolute atomic E-state index is 0.0968. The van der Waals surface area contributed by atoms with Crippen LogP contribution < -0.4 is 0 Å². The first-order valence-electron chi connectivity index (χ1n) is 4.83. The number of pyridine rings is 1. The molecule has 2 heterocycles. The molecule has 0 aromatic carbocycles. The first-order chi connectivity index (χ1) is 6.86. The number of hydrogen-bond donors (Lipinski definition) is 1. The molecule has 4 heteroatoms. The maximum Gasteiger partial charge on any atom is 0.177 e. The van der Waals surface area contributed by atoms with Gasteiger partial charge in [-0.25, -0.2) is 9.50 Å². The lowest BCUT2D eigenvalue weighted by Gasteiger charge is -1.96. The summed E-state index contributed by atoms with van der Waals surface area (Å²) in [4.78, 5) is 4.20.